The van der Waals surface area contributed by atoms with E-state index in [9.17, 15) is 14.2 Å². The minimum atomic E-state index is -3.29. The lowest BCUT2D eigenvalue weighted by molar-refractivity contribution is -0.138. The van der Waals surface area contributed by atoms with Gasteiger partial charge in [0, 0.05) is 17.5 Å². The van der Waals surface area contributed by atoms with Crippen molar-refractivity contribution < 1.29 is 28.5 Å². The lowest BCUT2D eigenvalue weighted by Crippen LogP contribution is -2.15. The van der Waals surface area contributed by atoms with Gasteiger partial charge in [-0.05, 0) is 12.1 Å². The molecule has 0 saturated carbocycles. The molecule has 7 heteroatoms. The summed E-state index contributed by atoms with van der Waals surface area (Å²) in [6.45, 7) is 3.10. The van der Waals surface area contributed by atoms with Crippen LogP contribution < -0.4 is 5.30 Å². The average molecular weight is 312 g/mol. The molecule has 0 aliphatic rings. The van der Waals surface area contributed by atoms with E-state index in [1.165, 1.54) is 0 Å². The van der Waals surface area contributed by atoms with Gasteiger partial charge in [-0.15, -0.1) is 0 Å². The third-order valence-corrected chi connectivity index (χ3v) is 5.06. The van der Waals surface area contributed by atoms with Crippen LogP contribution in [0.5, 0.6) is 0 Å². The Bertz CT molecular complexity index is 540. The first-order valence-corrected chi connectivity index (χ1v) is 8.09. The highest BCUT2D eigenvalue weighted by Crippen LogP contribution is 2.46. The lowest BCUT2D eigenvalue weighted by Gasteiger charge is -2.18. The summed E-state index contributed by atoms with van der Waals surface area (Å²) in [6.07, 6.45) is 0.640. The highest BCUT2D eigenvalue weighted by molar-refractivity contribution is 7.67. The van der Waals surface area contributed by atoms with Crippen molar-refractivity contribution in [3.05, 3.63) is 43.0 Å². The van der Waals surface area contributed by atoms with Crippen LogP contribution in [0.15, 0.2) is 43.0 Å². The number of rotatable bonds is 9. The summed E-state index contributed by atoms with van der Waals surface area (Å²) >= 11 is 0. The Kier molecular flexibility index (Phi) is 6.85. The van der Waals surface area contributed by atoms with Gasteiger partial charge in [0.15, 0.2) is 0 Å². The van der Waals surface area contributed by atoms with Gasteiger partial charge in [0.25, 0.3) is 0 Å². The number of carbonyl (C=O) groups is 2. The van der Waals surface area contributed by atoms with Crippen LogP contribution in [-0.2, 0) is 23.4 Å². The van der Waals surface area contributed by atoms with Crippen molar-refractivity contribution in [3.8, 4) is 0 Å². The zero-order valence-electron chi connectivity index (χ0n) is 11.4. The molecule has 21 heavy (non-hydrogen) atoms. The molecule has 0 aliphatic carbocycles. The number of aliphatic carboxylic acids is 1. The fourth-order valence-corrected chi connectivity index (χ4v) is 3.57. The summed E-state index contributed by atoms with van der Waals surface area (Å²) in [5.74, 6) is -1.65. The molecule has 0 spiro atoms. The topological polar surface area (TPSA) is 89.9 Å². The average Bonchev–Trinajstić information content (AvgIpc) is 2.50. The summed E-state index contributed by atoms with van der Waals surface area (Å²) in [6, 6.07) is 8.40. The van der Waals surface area contributed by atoms with E-state index < -0.39 is 19.3 Å². The van der Waals surface area contributed by atoms with E-state index in [0.717, 1.165) is 6.08 Å². The molecule has 0 saturated heterocycles. The summed E-state index contributed by atoms with van der Waals surface area (Å²) in [4.78, 5) is 21.6. The lowest BCUT2D eigenvalue weighted by atomic mass is 10.4. The summed E-state index contributed by atoms with van der Waals surface area (Å²) < 4.78 is 22.9. The predicted molar refractivity (Wildman–Crippen MR) is 77.9 cm³/mol. The molecule has 1 rings (SSSR count). The molecule has 6 nitrogen and oxygen atoms in total. The zero-order valence-corrected chi connectivity index (χ0v) is 12.3. The van der Waals surface area contributed by atoms with Crippen LogP contribution in [0, 0.1) is 0 Å². The maximum Gasteiger partial charge on any atom is 0.330 e. The van der Waals surface area contributed by atoms with Crippen LogP contribution >= 0.6 is 7.37 Å². The molecular weight excluding hydrogens is 295 g/mol. The number of carbonyl (C=O) groups excluding carboxylic acids is 1. The minimum Gasteiger partial charge on any atom is -0.481 e. The van der Waals surface area contributed by atoms with Crippen molar-refractivity contribution in [1.29, 1.82) is 0 Å². The maximum atomic E-state index is 12.8. The van der Waals surface area contributed by atoms with Gasteiger partial charge < -0.3 is 14.4 Å². The van der Waals surface area contributed by atoms with Crippen molar-refractivity contribution in [3.63, 3.8) is 0 Å². The van der Waals surface area contributed by atoms with E-state index in [1.54, 1.807) is 30.3 Å². The second-order valence-corrected chi connectivity index (χ2v) is 6.65. The maximum absolute atomic E-state index is 12.8. The molecule has 1 N–H and O–H groups in total. The molecule has 0 heterocycles. The first-order valence-electron chi connectivity index (χ1n) is 6.28. The van der Waals surface area contributed by atoms with Crippen LogP contribution in [0.1, 0.15) is 6.42 Å². The normalized spacial score (nSPS) is 13.1. The largest absolute Gasteiger partial charge is 0.481 e. The number of benzene rings is 1. The molecule has 0 aliphatic heterocycles. The molecule has 0 amide bonds. The van der Waals surface area contributed by atoms with E-state index in [1.807, 2.05) is 0 Å². The fraction of sp³-hybridized carbons (Fsp3) is 0.286. The smallest absolute Gasteiger partial charge is 0.330 e. The van der Waals surface area contributed by atoms with Gasteiger partial charge in [-0.2, -0.15) is 0 Å². The monoisotopic (exact) mass is 312 g/mol. The quantitative estimate of drug-likeness (QED) is 0.324. The molecule has 0 radical (unpaired) electrons. The molecule has 0 fully saturated rings. The third kappa shape index (κ3) is 5.94. The Labute approximate surface area is 122 Å². The SMILES string of the molecule is C=CC(=O)OCCOP(=O)(CCC(=O)O)c1ccccc1. The second kappa shape index (κ2) is 8.39. The van der Waals surface area contributed by atoms with Crippen molar-refractivity contribution in [2.24, 2.45) is 0 Å². The van der Waals surface area contributed by atoms with Gasteiger partial charge in [0.1, 0.15) is 6.61 Å². The molecular formula is C14H17O6P. The Morgan fingerprint density at radius 2 is 1.90 bits per heavy atom. The Morgan fingerprint density at radius 1 is 1.24 bits per heavy atom. The molecule has 1 unspecified atom stereocenters. The van der Waals surface area contributed by atoms with Crippen LogP contribution in [0.2, 0.25) is 0 Å². The highest BCUT2D eigenvalue weighted by Gasteiger charge is 2.26. The van der Waals surface area contributed by atoms with E-state index in [4.69, 9.17) is 14.4 Å². The Morgan fingerprint density at radius 3 is 2.48 bits per heavy atom. The number of carboxylic acid groups (broad SMARTS) is 1. The van der Waals surface area contributed by atoms with Gasteiger partial charge >= 0.3 is 11.9 Å². The van der Waals surface area contributed by atoms with Crippen LogP contribution in [0.4, 0.5) is 0 Å². The van der Waals surface area contributed by atoms with Gasteiger partial charge in [0.2, 0.25) is 7.37 Å². The molecule has 0 aromatic heterocycles. The molecule has 114 valence electrons. The van der Waals surface area contributed by atoms with Crippen LogP contribution in [0.25, 0.3) is 0 Å². The molecule has 1 aromatic carbocycles. The van der Waals surface area contributed by atoms with Crippen LogP contribution in [0.3, 0.4) is 0 Å². The molecule has 1 atom stereocenters. The Balaban J connectivity index is 2.69. The first kappa shape index (κ1) is 17.1. The number of hydrogen-bond acceptors (Lipinski definition) is 5. The van der Waals surface area contributed by atoms with Crippen LogP contribution in [-0.4, -0.2) is 36.4 Å². The number of ether oxygens (including phenoxy) is 1. The van der Waals surface area contributed by atoms with Gasteiger partial charge in [-0.3, -0.25) is 9.36 Å². The first-order chi connectivity index (χ1) is 9.98. The van der Waals surface area contributed by atoms with Gasteiger partial charge in [0.05, 0.1) is 13.0 Å². The predicted octanol–water partition coefficient (Wildman–Crippen LogP) is 1.81. The second-order valence-electron chi connectivity index (χ2n) is 4.08. The summed E-state index contributed by atoms with van der Waals surface area (Å²) in [5.41, 5.74) is 0. The van der Waals surface area contributed by atoms with Crippen molar-refractivity contribution in [2.45, 2.75) is 6.42 Å². The van der Waals surface area contributed by atoms with Crippen molar-refractivity contribution >= 4 is 24.6 Å². The molecule has 1 aromatic rings. The summed E-state index contributed by atoms with van der Waals surface area (Å²) in [5, 5.41) is 9.19. The number of esters is 1. The van der Waals surface area contributed by atoms with Gasteiger partial charge in [-0.25, -0.2) is 4.79 Å². The van der Waals surface area contributed by atoms with E-state index in [-0.39, 0.29) is 25.8 Å². The van der Waals surface area contributed by atoms with E-state index in [0.29, 0.717) is 5.30 Å². The van der Waals surface area contributed by atoms with Crippen molar-refractivity contribution in [1.82, 2.24) is 0 Å². The third-order valence-electron chi connectivity index (χ3n) is 2.56. The van der Waals surface area contributed by atoms with E-state index >= 15 is 0 Å². The van der Waals surface area contributed by atoms with Gasteiger partial charge in [-0.1, -0.05) is 24.8 Å². The fourth-order valence-electron chi connectivity index (χ4n) is 1.55. The standard InChI is InChI=1S/C14H17O6P/c1-2-14(17)19-9-10-20-21(18,11-8-13(15)16)12-6-4-3-5-7-12/h2-7H,1,8-11H2,(H,15,16). The highest BCUT2D eigenvalue weighted by atomic mass is 31.2. The Hall–Kier alpha value is -1.91. The van der Waals surface area contributed by atoms with E-state index in [2.05, 4.69) is 6.58 Å². The number of hydrogen-bond donors (Lipinski definition) is 1. The minimum absolute atomic E-state index is 0.0747. The summed E-state index contributed by atoms with van der Waals surface area (Å²) in [7, 11) is -3.29. The molecule has 0 bridgehead atoms. The zero-order chi connectivity index (χ0) is 15.7. The number of carboxylic acids is 1. The van der Waals surface area contributed by atoms with Crippen molar-refractivity contribution in [2.75, 3.05) is 19.4 Å².